The third-order valence-corrected chi connectivity index (χ3v) is 5.37. The summed E-state index contributed by atoms with van der Waals surface area (Å²) in [5, 5.41) is 3.70. The standard InChI is InChI=1S/C20H13F4N5O3S/c21-12-5-3-11(4-6-12)15(30)28-19(20(22,23)24)13-14(26-17(19)32)29(18(33)27-16(13)31)9-10-2-1-7-25-8-10/h1-8H,9H2,(H,26,32)(H,28,30)(H,27,31,33). The second-order valence-electron chi connectivity index (χ2n) is 7.09. The van der Waals surface area contributed by atoms with E-state index in [1.807, 2.05) is 0 Å². The van der Waals surface area contributed by atoms with Crippen LogP contribution in [-0.4, -0.2) is 32.5 Å². The Morgan fingerprint density at radius 2 is 1.88 bits per heavy atom. The van der Waals surface area contributed by atoms with Crippen LogP contribution in [0.1, 0.15) is 21.5 Å². The molecule has 1 unspecified atom stereocenters. The number of hydrogen-bond donors (Lipinski definition) is 3. The summed E-state index contributed by atoms with van der Waals surface area (Å²) < 4.78 is 57.2. The number of nitrogens with one attached hydrogen (secondary N) is 3. The van der Waals surface area contributed by atoms with E-state index in [2.05, 4.69) is 15.3 Å². The lowest BCUT2D eigenvalue weighted by Gasteiger charge is -2.30. The van der Waals surface area contributed by atoms with E-state index in [1.54, 1.807) is 17.4 Å². The van der Waals surface area contributed by atoms with Gasteiger partial charge < -0.3 is 10.6 Å². The molecular formula is C20H13F4N5O3S. The Kier molecular flexibility index (Phi) is 5.36. The van der Waals surface area contributed by atoms with Gasteiger partial charge in [0, 0.05) is 18.0 Å². The van der Waals surface area contributed by atoms with Crippen molar-refractivity contribution in [1.29, 1.82) is 0 Å². The van der Waals surface area contributed by atoms with Gasteiger partial charge in [-0.1, -0.05) is 6.07 Å². The maximum Gasteiger partial charge on any atom is 0.425 e. The average Bonchev–Trinajstić information content (AvgIpc) is 3.05. The summed E-state index contributed by atoms with van der Waals surface area (Å²) in [4.78, 5) is 44.1. The zero-order valence-electron chi connectivity index (χ0n) is 16.4. The number of H-pyrrole nitrogens is 1. The predicted octanol–water partition coefficient (Wildman–Crippen LogP) is 2.63. The molecule has 1 atom stereocenters. The Hall–Kier alpha value is -3.87. The first-order valence-corrected chi connectivity index (χ1v) is 9.68. The van der Waals surface area contributed by atoms with Crippen LogP contribution in [0.2, 0.25) is 0 Å². The van der Waals surface area contributed by atoms with Crippen molar-refractivity contribution in [3.8, 4) is 0 Å². The molecule has 0 aliphatic carbocycles. The number of carbonyl (C=O) groups excluding carboxylic acids is 2. The zero-order chi connectivity index (χ0) is 24.0. The lowest BCUT2D eigenvalue weighted by molar-refractivity contribution is -0.196. The predicted molar refractivity (Wildman–Crippen MR) is 109 cm³/mol. The zero-order valence-corrected chi connectivity index (χ0v) is 17.2. The van der Waals surface area contributed by atoms with Crippen LogP contribution >= 0.6 is 12.2 Å². The molecule has 4 rings (SSSR count). The van der Waals surface area contributed by atoms with Crippen molar-refractivity contribution in [3.05, 3.63) is 86.4 Å². The van der Waals surface area contributed by atoms with E-state index < -0.39 is 46.3 Å². The number of aromatic nitrogens is 3. The molecule has 13 heteroatoms. The molecule has 1 aromatic carbocycles. The van der Waals surface area contributed by atoms with Gasteiger partial charge in [0.05, 0.1) is 6.54 Å². The molecule has 2 aromatic heterocycles. The molecule has 1 aliphatic rings. The second-order valence-corrected chi connectivity index (χ2v) is 7.48. The van der Waals surface area contributed by atoms with Crippen LogP contribution in [0, 0.1) is 10.6 Å². The van der Waals surface area contributed by atoms with Gasteiger partial charge in [-0.25, -0.2) is 4.39 Å². The van der Waals surface area contributed by atoms with Gasteiger partial charge in [0.1, 0.15) is 17.2 Å². The summed E-state index contributed by atoms with van der Waals surface area (Å²) >= 11 is 5.10. The molecule has 1 aliphatic heterocycles. The van der Waals surface area contributed by atoms with Crippen molar-refractivity contribution in [2.75, 3.05) is 5.32 Å². The van der Waals surface area contributed by atoms with E-state index in [0.29, 0.717) is 5.56 Å². The van der Waals surface area contributed by atoms with Crippen molar-refractivity contribution in [1.82, 2.24) is 19.9 Å². The lowest BCUT2D eigenvalue weighted by atomic mass is 9.91. The van der Waals surface area contributed by atoms with E-state index in [-0.39, 0.29) is 16.9 Å². The van der Waals surface area contributed by atoms with Crippen LogP contribution < -0.4 is 16.2 Å². The number of carbonyl (C=O) groups is 2. The highest BCUT2D eigenvalue weighted by atomic mass is 32.1. The quantitative estimate of drug-likeness (QED) is 0.394. The summed E-state index contributed by atoms with van der Waals surface area (Å²) in [6, 6.07) is 6.85. The number of anilines is 1. The van der Waals surface area contributed by atoms with Crippen LogP contribution in [0.15, 0.2) is 53.6 Å². The van der Waals surface area contributed by atoms with Gasteiger partial charge >= 0.3 is 6.18 Å². The number of aromatic amines is 1. The molecule has 33 heavy (non-hydrogen) atoms. The summed E-state index contributed by atoms with van der Waals surface area (Å²) in [5.41, 5.74) is -5.89. The molecule has 8 nitrogen and oxygen atoms in total. The molecule has 3 aromatic rings. The lowest BCUT2D eigenvalue weighted by Crippen LogP contribution is -2.61. The van der Waals surface area contributed by atoms with Gasteiger partial charge in [0.15, 0.2) is 4.77 Å². The highest BCUT2D eigenvalue weighted by Crippen LogP contribution is 2.45. The molecule has 3 heterocycles. The largest absolute Gasteiger partial charge is 0.425 e. The number of hydrogen-bond acceptors (Lipinski definition) is 5. The number of rotatable bonds is 4. The van der Waals surface area contributed by atoms with E-state index in [0.717, 1.165) is 28.8 Å². The number of amides is 2. The SMILES string of the molecule is O=C(NC1(C(F)(F)F)C(=O)Nc2c1c(=O)[nH]c(=S)n2Cc1cccnc1)c1ccc(F)cc1. The van der Waals surface area contributed by atoms with Crippen molar-refractivity contribution < 1.29 is 27.2 Å². The molecule has 0 bridgehead atoms. The van der Waals surface area contributed by atoms with Gasteiger partial charge in [0.2, 0.25) is 0 Å². The molecule has 0 saturated carbocycles. The molecular weight excluding hydrogens is 466 g/mol. The van der Waals surface area contributed by atoms with Crippen LogP contribution in [-0.2, 0) is 16.9 Å². The average molecular weight is 479 g/mol. The van der Waals surface area contributed by atoms with Crippen molar-refractivity contribution in [2.24, 2.45) is 0 Å². The van der Waals surface area contributed by atoms with Crippen molar-refractivity contribution in [2.45, 2.75) is 18.3 Å². The monoisotopic (exact) mass is 479 g/mol. The van der Waals surface area contributed by atoms with Crippen LogP contribution in [0.5, 0.6) is 0 Å². The minimum atomic E-state index is -5.42. The fraction of sp³-hybridized carbons (Fsp3) is 0.150. The summed E-state index contributed by atoms with van der Waals surface area (Å²) in [6.45, 7) is -0.119. The molecule has 170 valence electrons. The Balaban J connectivity index is 1.89. The van der Waals surface area contributed by atoms with Gasteiger partial charge in [-0.3, -0.25) is 28.9 Å². The van der Waals surface area contributed by atoms with Gasteiger partial charge in [-0.15, -0.1) is 0 Å². The number of pyridine rings is 1. The first-order valence-electron chi connectivity index (χ1n) is 9.27. The first kappa shape index (κ1) is 22.3. The van der Waals surface area contributed by atoms with Crippen LogP contribution in [0.4, 0.5) is 23.4 Å². The fourth-order valence-corrected chi connectivity index (χ4v) is 3.74. The normalized spacial score (nSPS) is 17.4. The summed E-state index contributed by atoms with van der Waals surface area (Å²) in [5.74, 6) is -4.25. The molecule has 3 N–H and O–H groups in total. The molecule has 0 radical (unpaired) electrons. The van der Waals surface area contributed by atoms with Gasteiger partial charge in [-0.05, 0) is 48.1 Å². The highest BCUT2D eigenvalue weighted by Gasteiger charge is 2.68. The minimum Gasteiger partial charge on any atom is -0.326 e. The smallest absolute Gasteiger partial charge is 0.326 e. The minimum absolute atomic E-state index is 0.119. The van der Waals surface area contributed by atoms with Crippen molar-refractivity contribution >= 4 is 29.9 Å². The highest BCUT2D eigenvalue weighted by molar-refractivity contribution is 7.71. The van der Waals surface area contributed by atoms with Crippen LogP contribution in [0.25, 0.3) is 0 Å². The Bertz CT molecular complexity index is 1370. The Labute approximate surface area is 187 Å². The van der Waals surface area contributed by atoms with Crippen molar-refractivity contribution in [3.63, 3.8) is 0 Å². The maximum atomic E-state index is 14.4. The number of benzene rings is 1. The first-order chi connectivity index (χ1) is 15.5. The number of fused-ring (bicyclic) bond motifs is 1. The molecule has 0 fully saturated rings. The topological polar surface area (TPSA) is 109 Å². The number of nitrogens with zero attached hydrogens (tertiary/aromatic N) is 2. The maximum absolute atomic E-state index is 14.4. The molecule has 2 amide bonds. The van der Waals surface area contributed by atoms with Gasteiger partial charge in [-0.2, -0.15) is 13.2 Å². The van der Waals surface area contributed by atoms with E-state index >= 15 is 0 Å². The Morgan fingerprint density at radius 1 is 1.18 bits per heavy atom. The second kappa shape index (κ2) is 7.92. The fourth-order valence-electron chi connectivity index (χ4n) is 3.49. The van der Waals surface area contributed by atoms with E-state index in [9.17, 15) is 31.9 Å². The molecule has 0 spiro atoms. The van der Waals surface area contributed by atoms with Crippen LogP contribution in [0.3, 0.4) is 0 Å². The number of halogens is 4. The summed E-state index contributed by atoms with van der Waals surface area (Å²) in [6.07, 6.45) is -2.50. The van der Waals surface area contributed by atoms with E-state index in [1.165, 1.54) is 12.4 Å². The number of alkyl halides is 3. The van der Waals surface area contributed by atoms with Gasteiger partial charge in [0.25, 0.3) is 22.9 Å². The van der Waals surface area contributed by atoms with E-state index in [4.69, 9.17) is 12.2 Å². The third kappa shape index (κ3) is 3.69. The third-order valence-electron chi connectivity index (χ3n) is 5.04. The Morgan fingerprint density at radius 3 is 2.48 bits per heavy atom. The summed E-state index contributed by atoms with van der Waals surface area (Å²) in [7, 11) is 0. The molecule has 0 saturated heterocycles.